The van der Waals surface area contributed by atoms with Crippen molar-refractivity contribution in [1.82, 2.24) is 29.4 Å². The van der Waals surface area contributed by atoms with Crippen LogP contribution in [0.5, 0.6) is 0 Å². The molecule has 36 heavy (non-hydrogen) atoms. The number of nitrogens with one attached hydrogen (secondary N) is 1. The number of aromatic nitrogens is 5. The Balaban J connectivity index is 1.40. The number of benzene rings is 1. The summed E-state index contributed by atoms with van der Waals surface area (Å²) in [6.07, 6.45) is -0.918. The highest BCUT2D eigenvalue weighted by molar-refractivity contribution is 5.91. The van der Waals surface area contributed by atoms with Gasteiger partial charge in [0.15, 0.2) is 11.3 Å². The minimum Gasteiger partial charge on any atom is -0.331 e. The molecule has 0 aliphatic carbocycles. The Morgan fingerprint density at radius 2 is 1.89 bits per heavy atom. The lowest BCUT2D eigenvalue weighted by molar-refractivity contribution is -0.142. The van der Waals surface area contributed by atoms with Crippen molar-refractivity contribution in [3.05, 3.63) is 65.3 Å². The third kappa shape index (κ3) is 4.36. The maximum absolute atomic E-state index is 13.3. The average Bonchev–Trinajstić information content (AvgIpc) is 3.28. The van der Waals surface area contributed by atoms with Crippen LogP contribution in [0.2, 0.25) is 0 Å². The minimum absolute atomic E-state index is 0.0141. The molecule has 0 saturated carbocycles. The first-order valence-corrected chi connectivity index (χ1v) is 11.6. The number of halogens is 3. The van der Waals surface area contributed by atoms with E-state index >= 15 is 0 Å². The number of amides is 2. The molecule has 1 aromatic carbocycles. The van der Waals surface area contributed by atoms with Crippen LogP contribution in [-0.4, -0.2) is 42.0 Å². The highest BCUT2D eigenvalue weighted by Crippen LogP contribution is 2.33. The van der Waals surface area contributed by atoms with Gasteiger partial charge >= 0.3 is 12.2 Å². The van der Waals surface area contributed by atoms with Crippen molar-refractivity contribution in [2.24, 2.45) is 0 Å². The number of fused-ring (bicyclic) bond motifs is 2. The second-order valence-electron chi connectivity index (χ2n) is 8.79. The first-order chi connectivity index (χ1) is 17.1. The van der Waals surface area contributed by atoms with E-state index in [2.05, 4.69) is 25.3 Å². The topological polar surface area (TPSA) is 88.8 Å². The number of carbonyl (C=O) groups excluding carboxylic acids is 1. The van der Waals surface area contributed by atoms with E-state index in [1.807, 2.05) is 39.0 Å². The van der Waals surface area contributed by atoms with Gasteiger partial charge in [0.1, 0.15) is 5.82 Å². The van der Waals surface area contributed by atoms with E-state index in [-0.39, 0.29) is 25.3 Å². The van der Waals surface area contributed by atoms with Crippen molar-refractivity contribution in [2.45, 2.75) is 46.5 Å². The monoisotopic (exact) mass is 495 g/mol. The van der Waals surface area contributed by atoms with Crippen LogP contribution in [0.1, 0.15) is 35.4 Å². The molecule has 0 atom stereocenters. The number of urea groups is 1. The Hall–Kier alpha value is -4.02. The molecule has 1 aliphatic rings. The number of rotatable bonds is 3. The van der Waals surface area contributed by atoms with E-state index in [1.54, 1.807) is 12.3 Å². The minimum atomic E-state index is -4.57. The number of hydrogen-bond donors (Lipinski definition) is 1. The van der Waals surface area contributed by atoms with E-state index in [9.17, 15) is 18.0 Å². The standard InChI is InChI=1S/C25H24F3N7O/c1-4-21-29-11-16-9-19(15(3)31-23(16)33-21)18-10-17(6-5-14(18)2)32-24(36)34-7-8-35-13-30-22(20(35)12-34)25(26,27)28/h5-6,9-11,13H,4,7-8,12H2,1-3H3,(H,32,36). The molecule has 11 heteroatoms. The van der Waals surface area contributed by atoms with Crippen LogP contribution < -0.4 is 5.32 Å². The molecular weight excluding hydrogens is 471 g/mol. The lowest BCUT2D eigenvalue weighted by Gasteiger charge is -2.29. The number of carbonyl (C=O) groups is 1. The summed E-state index contributed by atoms with van der Waals surface area (Å²) >= 11 is 0. The van der Waals surface area contributed by atoms with Gasteiger partial charge in [-0.3, -0.25) is 0 Å². The van der Waals surface area contributed by atoms with Crippen LogP contribution >= 0.6 is 0 Å². The summed E-state index contributed by atoms with van der Waals surface area (Å²) in [6, 6.07) is 7.01. The molecule has 1 N–H and O–H groups in total. The molecular formula is C25H24F3N7O. The number of alkyl halides is 3. The fourth-order valence-electron chi connectivity index (χ4n) is 4.39. The van der Waals surface area contributed by atoms with Crippen LogP contribution in [0.25, 0.3) is 22.2 Å². The fourth-order valence-corrected chi connectivity index (χ4v) is 4.39. The number of anilines is 1. The van der Waals surface area contributed by atoms with Gasteiger partial charge in [-0.05, 0) is 43.2 Å². The van der Waals surface area contributed by atoms with Gasteiger partial charge in [-0.15, -0.1) is 0 Å². The molecule has 0 fully saturated rings. The molecule has 0 spiro atoms. The first kappa shape index (κ1) is 23.7. The zero-order valence-electron chi connectivity index (χ0n) is 20.0. The lowest BCUT2D eigenvalue weighted by atomic mass is 9.98. The van der Waals surface area contributed by atoms with Crippen molar-refractivity contribution < 1.29 is 18.0 Å². The Bertz CT molecular complexity index is 1480. The van der Waals surface area contributed by atoms with Crippen LogP contribution in [0, 0.1) is 13.8 Å². The van der Waals surface area contributed by atoms with Crippen molar-refractivity contribution in [1.29, 1.82) is 0 Å². The third-order valence-corrected chi connectivity index (χ3v) is 6.36. The van der Waals surface area contributed by atoms with Crippen LogP contribution in [0.4, 0.5) is 23.7 Å². The van der Waals surface area contributed by atoms with E-state index < -0.39 is 17.9 Å². The summed E-state index contributed by atoms with van der Waals surface area (Å²) in [5, 5.41) is 3.64. The summed E-state index contributed by atoms with van der Waals surface area (Å²) < 4.78 is 41.3. The Morgan fingerprint density at radius 3 is 2.64 bits per heavy atom. The van der Waals surface area contributed by atoms with E-state index in [4.69, 9.17) is 0 Å². The van der Waals surface area contributed by atoms with E-state index in [0.29, 0.717) is 11.3 Å². The van der Waals surface area contributed by atoms with Crippen molar-refractivity contribution in [3.8, 4) is 11.1 Å². The second kappa shape index (κ2) is 8.89. The third-order valence-electron chi connectivity index (χ3n) is 6.36. The normalized spacial score (nSPS) is 13.7. The predicted octanol–water partition coefficient (Wildman–Crippen LogP) is 5.13. The number of pyridine rings is 1. The van der Waals surface area contributed by atoms with Crippen molar-refractivity contribution >= 4 is 22.8 Å². The molecule has 0 unspecified atom stereocenters. The second-order valence-corrected chi connectivity index (χ2v) is 8.79. The zero-order valence-corrected chi connectivity index (χ0v) is 20.0. The molecule has 4 aromatic rings. The molecule has 4 heterocycles. The van der Waals surface area contributed by atoms with E-state index in [1.165, 1.54) is 15.8 Å². The zero-order chi connectivity index (χ0) is 25.6. The average molecular weight is 496 g/mol. The molecule has 2 amide bonds. The molecule has 5 rings (SSSR count). The summed E-state index contributed by atoms with van der Waals surface area (Å²) in [7, 11) is 0. The largest absolute Gasteiger partial charge is 0.435 e. The van der Waals surface area contributed by atoms with Gasteiger partial charge in [-0.2, -0.15) is 13.2 Å². The molecule has 8 nitrogen and oxygen atoms in total. The summed E-state index contributed by atoms with van der Waals surface area (Å²) in [4.78, 5) is 31.4. The number of hydrogen-bond acceptors (Lipinski definition) is 5. The number of aryl methyl sites for hydroxylation is 3. The SMILES string of the molecule is CCc1ncc2cc(-c3cc(NC(=O)N4CCn5cnc(C(F)(F)F)c5C4)ccc3C)c(C)nc2n1. The molecule has 186 valence electrons. The van der Waals surface area contributed by atoms with Crippen molar-refractivity contribution in [2.75, 3.05) is 11.9 Å². The van der Waals surface area contributed by atoms with Gasteiger partial charge in [0.25, 0.3) is 0 Å². The fraction of sp³-hybridized carbons (Fsp3) is 0.320. The quantitative estimate of drug-likeness (QED) is 0.426. The molecule has 0 saturated heterocycles. The van der Waals surface area contributed by atoms with Gasteiger partial charge < -0.3 is 14.8 Å². The Kier molecular flexibility index (Phi) is 5.85. The maximum atomic E-state index is 13.3. The van der Waals surface area contributed by atoms with Gasteiger partial charge in [-0.25, -0.2) is 24.7 Å². The summed E-state index contributed by atoms with van der Waals surface area (Å²) in [5.41, 5.74) is 3.75. The van der Waals surface area contributed by atoms with Gasteiger partial charge in [0, 0.05) is 48.0 Å². The van der Waals surface area contributed by atoms with Gasteiger partial charge in [0.05, 0.1) is 18.6 Å². The summed E-state index contributed by atoms with van der Waals surface area (Å²) in [6.45, 7) is 6.20. The molecule has 1 aliphatic heterocycles. The van der Waals surface area contributed by atoms with Gasteiger partial charge in [0.2, 0.25) is 0 Å². The van der Waals surface area contributed by atoms with Crippen LogP contribution in [0.3, 0.4) is 0 Å². The Morgan fingerprint density at radius 1 is 1.08 bits per heavy atom. The number of nitrogens with zero attached hydrogens (tertiary/aromatic N) is 6. The van der Waals surface area contributed by atoms with Crippen molar-refractivity contribution in [3.63, 3.8) is 0 Å². The van der Waals surface area contributed by atoms with Crippen LogP contribution in [0.15, 0.2) is 36.8 Å². The van der Waals surface area contributed by atoms with Gasteiger partial charge in [-0.1, -0.05) is 13.0 Å². The van der Waals surface area contributed by atoms with Crippen LogP contribution in [-0.2, 0) is 25.7 Å². The lowest BCUT2D eigenvalue weighted by Crippen LogP contribution is -2.41. The Labute approximate surface area is 205 Å². The number of imidazole rings is 1. The molecule has 0 radical (unpaired) electrons. The smallest absolute Gasteiger partial charge is 0.331 e. The highest BCUT2D eigenvalue weighted by atomic mass is 19.4. The maximum Gasteiger partial charge on any atom is 0.435 e. The molecule has 3 aromatic heterocycles. The highest BCUT2D eigenvalue weighted by Gasteiger charge is 2.39. The summed E-state index contributed by atoms with van der Waals surface area (Å²) in [5.74, 6) is 0.728. The first-order valence-electron chi connectivity index (χ1n) is 11.6. The molecule has 0 bridgehead atoms. The predicted molar refractivity (Wildman–Crippen MR) is 128 cm³/mol. The van der Waals surface area contributed by atoms with E-state index in [0.717, 1.165) is 40.0 Å².